The second-order valence-electron chi connectivity index (χ2n) is 5.58. The number of ether oxygens (including phenoxy) is 2. The van der Waals surface area contributed by atoms with Crippen LogP contribution in [-0.2, 0) is 12.8 Å². The van der Waals surface area contributed by atoms with Gasteiger partial charge in [0.15, 0.2) is 11.6 Å². The SMILES string of the molecule is COc1ccc(CC2(N)COc3ccccc3C2)cc1F. The first-order valence-electron chi connectivity index (χ1n) is 6.92. The van der Waals surface area contributed by atoms with Gasteiger partial charge in [0.05, 0.1) is 12.6 Å². The van der Waals surface area contributed by atoms with Gasteiger partial charge in [-0.3, -0.25) is 0 Å². The van der Waals surface area contributed by atoms with Crippen LogP contribution in [0.25, 0.3) is 0 Å². The van der Waals surface area contributed by atoms with Gasteiger partial charge in [-0.15, -0.1) is 0 Å². The summed E-state index contributed by atoms with van der Waals surface area (Å²) in [6.45, 7) is 0.428. The Morgan fingerprint density at radius 1 is 1.29 bits per heavy atom. The summed E-state index contributed by atoms with van der Waals surface area (Å²) >= 11 is 0. The summed E-state index contributed by atoms with van der Waals surface area (Å²) < 4.78 is 24.4. The van der Waals surface area contributed by atoms with Crippen LogP contribution in [-0.4, -0.2) is 19.3 Å². The minimum absolute atomic E-state index is 0.245. The number of benzene rings is 2. The Morgan fingerprint density at radius 3 is 2.86 bits per heavy atom. The van der Waals surface area contributed by atoms with Crippen LogP contribution in [0, 0.1) is 5.82 Å². The van der Waals surface area contributed by atoms with Crippen LogP contribution in [0.5, 0.6) is 11.5 Å². The van der Waals surface area contributed by atoms with E-state index in [0.29, 0.717) is 13.0 Å². The van der Waals surface area contributed by atoms with Crippen LogP contribution in [0.15, 0.2) is 42.5 Å². The third-order valence-corrected chi connectivity index (χ3v) is 3.80. The Bertz CT molecular complexity index is 659. The van der Waals surface area contributed by atoms with E-state index in [1.165, 1.54) is 13.2 Å². The highest BCUT2D eigenvalue weighted by Gasteiger charge is 2.32. The maximum absolute atomic E-state index is 13.8. The predicted octanol–water partition coefficient (Wildman–Crippen LogP) is 2.71. The summed E-state index contributed by atoms with van der Waals surface area (Å²) in [5.41, 5.74) is 7.87. The molecule has 0 saturated carbocycles. The van der Waals surface area contributed by atoms with Crippen molar-refractivity contribution in [3.05, 3.63) is 59.4 Å². The maximum Gasteiger partial charge on any atom is 0.165 e. The van der Waals surface area contributed by atoms with Gasteiger partial charge in [-0.1, -0.05) is 24.3 Å². The first-order chi connectivity index (χ1) is 10.1. The molecular weight excluding hydrogens is 269 g/mol. The second-order valence-corrected chi connectivity index (χ2v) is 5.58. The summed E-state index contributed by atoms with van der Waals surface area (Å²) in [6, 6.07) is 12.8. The lowest BCUT2D eigenvalue weighted by atomic mass is 9.84. The summed E-state index contributed by atoms with van der Waals surface area (Å²) in [4.78, 5) is 0. The van der Waals surface area contributed by atoms with Crippen molar-refractivity contribution in [1.29, 1.82) is 0 Å². The molecule has 1 aliphatic heterocycles. The molecule has 2 aromatic rings. The number of halogens is 1. The molecule has 21 heavy (non-hydrogen) atoms. The van der Waals surface area contributed by atoms with Gasteiger partial charge in [0, 0.05) is 0 Å². The molecule has 0 bridgehead atoms. The molecule has 0 amide bonds. The highest BCUT2D eigenvalue weighted by Crippen LogP contribution is 2.30. The van der Waals surface area contributed by atoms with Crippen LogP contribution in [0.2, 0.25) is 0 Å². The lowest BCUT2D eigenvalue weighted by Gasteiger charge is -2.34. The van der Waals surface area contributed by atoms with Gasteiger partial charge in [-0.25, -0.2) is 4.39 Å². The molecular formula is C17H18FNO2. The number of hydrogen-bond donors (Lipinski definition) is 1. The van der Waals surface area contributed by atoms with Gasteiger partial charge < -0.3 is 15.2 Å². The summed E-state index contributed by atoms with van der Waals surface area (Å²) in [7, 11) is 1.45. The van der Waals surface area contributed by atoms with Crippen molar-refractivity contribution in [1.82, 2.24) is 0 Å². The monoisotopic (exact) mass is 287 g/mol. The normalized spacial score (nSPS) is 20.5. The van der Waals surface area contributed by atoms with Gasteiger partial charge in [-0.05, 0) is 42.2 Å². The van der Waals surface area contributed by atoms with E-state index in [9.17, 15) is 4.39 Å². The predicted molar refractivity (Wildman–Crippen MR) is 79.2 cm³/mol. The van der Waals surface area contributed by atoms with Gasteiger partial charge in [0.1, 0.15) is 12.4 Å². The quantitative estimate of drug-likeness (QED) is 0.944. The molecule has 110 valence electrons. The van der Waals surface area contributed by atoms with Gasteiger partial charge in [0.25, 0.3) is 0 Å². The number of para-hydroxylation sites is 1. The van der Waals surface area contributed by atoms with E-state index in [2.05, 4.69) is 0 Å². The number of fused-ring (bicyclic) bond motifs is 1. The molecule has 0 aromatic heterocycles. The van der Waals surface area contributed by atoms with E-state index in [1.807, 2.05) is 30.3 Å². The van der Waals surface area contributed by atoms with E-state index in [4.69, 9.17) is 15.2 Å². The number of methoxy groups -OCH3 is 1. The van der Waals surface area contributed by atoms with E-state index in [-0.39, 0.29) is 11.6 Å². The zero-order valence-electron chi connectivity index (χ0n) is 11.9. The molecule has 1 heterocycles. The van der Waals surface area contributed by atoms with Crippen LogP contribution in [0.4, 0.5) is 4.39 Å². The number of hydrogen-bond acceptors (Lipinski definition) is 3. The molecule has 3 rings (SSSR count). The third-order valence-electron chi connectivity index (χ3n) is 3.80. The molecule has 0 spiro atoms. The first-order valence-corrected chi connectivity index (χ1v) is 6.92. The van der Waals surface area contributed by atoms with Crippen LogP contribution < -0.4 is 15.2 Å². The van der Waals surface area contributed by atoms with Crippen molar-refractivity contribution < 1.29 is 13.9 Å². The van der Waals surface area contributed by atoms with Gasteiger partial charge >= 0.3 is 0 Å². The van der Waals surface area contributed by atoms with Crippen molar-refractivity contribution in [2.75, 3.05) is 13.7 Å². The molecule has 1 atom stereocenters. The fourth-order valence-electron chi connectivity index (χ4n) is 2.78. The Morgan fingerprint density at radius 2 is 2.10 bits per heavy atom. The summed E-state index contributed by atoms with van der Waals surface area (Å²) in [5, 5.41) is 0. The summed E-state index contributed by atoms with van der Waals surface area (Å²) in [5.74, 6) is 0.769. The lowest BCUT2D eigenvalue weighted by molar-refractivity contribution is 0.189. The average Bonchev–Trinajstić information content (AvgIpc) is 2.47. The summed E-state index contributed by atoms with van der Waals surface area (Å²) in [6.07, 6.45) is 1.28. The van der Waals surface area contributed by atoms with Gasteiger partial charge in [-0.2, -0.15) is 0 Å². The molecule has 4 heteroatoms. The van der Waals surface area contributed by atoms with Crippen molar-refractivity contribution in [2.24, 2.45) is 5.73 Å². The molecule has 2 N–H and O–H groups in total. The zero-order valence-corrected chi connectivity index (χ0v) is 11.9. The van der Waals surface area contributed by atoms with E-state index < -0.39 is 5.54 Å². The number of rotatable bonds is 3. The van der Waals surface area contributed by atoms with Crippen molar-refractivity contribution in [3.8, 4) is 11.5 Å². The fourth-order valence-corrected chi connectivity index (χ4v) is 2.78. The van der Waals surface area contributed by atoms with E-state index in [0.717, 1.165) is 23.3 Å². The highest BCUT2D eigenvalue weighted by molar-refractivity contribution is 5.38. The van der Waals surface area contributed by atoms with Crippen molar-refractivity contribution in [2.45, 2.75) is 18.4 Å². The van der Waals surface area contributed by atoms with Crippen LogP contribution >= 0.6 is 0 Å². The minimum atomic E-state index is -0.518. The van der Waals surface area contributed by atoms with Gasteiger partial charge in [0.2, 0.25) is 0 Å². The van der Waals surface area contributed by atoms with E-state index >= 15 is 0 Å². The van der Waals surface area contributed by atoms with Crippen LogP contribution in [0.1, 0.15) is 11.1 Å². The molecule has 0 saturated heterocycles. The topological polar surface area (TPSA) is 44.5 Å². The second kappa shape index (κ2) is 5.37. The Labute approximate surface area is 123 Å². The lowest BCUT2D eigenvalue weighted by Crippen LogP contribution is -2.51. The zero-order chi connectivity index (χ0) is 14.9. The standard InChI is InChI=1S/C17H18FNO2/c1-20-16-7-6-12(8-14(16)18)9-17(19)10-13-4-2-3-5-15(13)21-11-17/h2-8H,9-11,19H2,1H3. The molecule has 2 aromatic carbocycles. The fraction of sp³-hybridized carbons (Fsp3) is 0.294. The average molecular weight is 287 g/mol. The Hall–Kier alpha value is -2.07. The first kappa shape index (κ1) is 13.9. The third kappa shape index (κ3) is 2.85. The molecule has 0 aliphatic carbocycles. The molecule has 1 unspecified atom stereocenters. The number of nitrogens with two attached hydrogens (primary N) is 1. The maximum atomic E-state index is 13.8. The van der Waals surface area contributed by atoms with E-state index in [1.54, 1.807) is 6.07 Å². The molecule has 1 aliphatic rings. The van der Waals surface area contributed by atoms with Crippen molar-refractivity contribution in [3.63, 3.8) is 0 Å². The largest absolute Gasteiger partial charge is 0.494 e. The smallest absolute Gasteiger partial charge is 0.165 e. The highest BCUT2D eigenvalue weighted by atomic mass is 19.1. The van der Waals surface area contributed by atoms with Crippen molar-refractivity contribution >= 4 is 0 Å². The molecule has 0 fully saturated rings. The minimum Gasteiger partial charge on any atom is -0.494 e. The Balaban J connectivity index is 1.80. The molecule has 3 nitrogen and oxygen atoms in total. The Kier molecular flexibility index (Phi) is 3.55. The molecule has 0 radical (unpaired) electrons. The van der Waals surface area contributed by atoms with Crippen LogP contribution in [0.3, 0.4) is 0 Å².